The maximum Gasteiger partial charge on any atom is 0.333 e. The normalized spacial score (nSPS) is 24.6. The average molecular weight is 520 g/mol. The Morgan fingerprint density at radius 1 is 1.37 bits per heavy atom. The Kier molecular flexibility index (Phi) is 6.21. The average Bonchev–Trinajstić information content (AvgIpc) is 3.09. The maximum atomic E-state index is 12.7. The molecule has 3 rings (SSSR count). The summed E-state index contributed by atoms with van der Waals surface area (Å²) in [7, 11) is 0. The van der Waals surface area contributed by atoms with E-state index in [4.69, 9.17) is 4.74 Å². The highest BCUT2D eigenvalue weighted by atomic mass is 127. The highest BCUT2D eigenvalue weighted by molar-refractivity contribution is 14.1. The minimum absolute atomic E-state index is 0.187. The van der Waals surface area contributed by atoms with E-state index in [1.165, 1.54) is 23.1 Å². The number of hydrogen-bond acceptors (Lipinski definition) is 6. The van der Waals surface area contributed by atoms with Crippen molar-refractivity contribution in [2.45, 2.75) is 50.3 Å². The van der Waals surface area contributed by atoms with Crippen LogP contribution in [0.25, 0.3) is 0 Å². The minimum atomic E-state index is -0.717. The molecule has 1 fully saturated rings. The number of rotatable bonds is 5. The zero-order valence-electron chi connectivity index (χ0n) is 15.2. The summed E-state index contributed by atoms with van der Waals surface area (Å²) in [4.78, 5) is 40.2. The Labute approximate surface area is 180 Å². The van der Waals surface area contributed by atoms with Crippen molar-refractivity contribution < 1.29 is 19.1 Å². The van der Waals surface area contributed by atoms with Gasteiger partial charge in [-0.1, -0.05) is 28.7 Å². The van der Waals surface area contributed by atoms with Gasteiger partial charge in [-0.25, -0.2) is 4.79 Å². The van der Waals surface area contributed by atoms with Crippen LogP contribution < -0.4 is 5.32 Å². The van der Waals surface area contributed by atoms with Crippen LogP contribution in [-0.2, 0) is 25.5 Å². The topological polar surface area (TPSA) is 75.7 Å². The van der Waals surface area contributed by atoms with E-state index in [2.05, 4.69) is 27.9 Å². The number of esters is 1. The first-order chi connectivity index (χ1) is 12.7. The summed E-state index contributed by atoms with van der Waals surface area (Å²) in [5.74, 6) is -0.848. The molecule has 3 heterocycles. The van der Waals surface area contributed by atoms with Crippen LogP contribution >= 0.6 is 45.7 Å². The second kappa shape index (κ2) is 8.12. The molecule has 9 heteroatoms. The molecular formula is C18H21IN2O4S2. The van der Waals surface area contributed by atoms with Gasteiger partial charge in [0, 0.05) is 9.30 Å². The summed E-state index contributed by atoms with van der Waals surface area (Å²) in [6.07, 6.45) is 0.253. The number of hydrogen-bond donors (Lipinski definition) is 1. The molecule has 2 aliphatic rings. The Morgan fingerprint density at radius 3 is 2.70 bits per heavy atom. The highest BCUT2D eigenvalue weighted by Crippen LogP contribution is 2.41. The number of thioether (sulfide) groups is 1. The molecule has 0 bridgehead atoms. The number of thiophene rings is 1. The van der Waals surface area contributed by atoms with Crippen molar-refractivity contribution in [2.24, 2.45) is 0 Å². The zero-order valence-corrected chi connectivity index (χ0v) is 19.0. The fourth-order valence-corrected chi connectivity index (χ4v) is 5.83. The summed E-state index contributed by atoms with van der Waals surface area (Å²) >= 11 is 5.15. The first-order valence-corrected chi connectivity index (χ1v) is 11.8. The number of nitrogens with one attached hydrogen (secondary N) is 1. The van der Waals surface area contributed by atoms with Crippen molar-refractivity contribution in [2.75, 3.05) is 4.43 Å². The van der Waals surface area contributed by atoms with Gasteiger partial charge in [0.05, 0.1) is 6.42 Å². The third kappa shape index (κ3) is 4.51. The molecule has 1 unspecified atom stereocenters. The number of ether oxygens (including phenoxy) is 1. The first-order valence-electron chi connectivity index (χ1n) is 8.48. The number of nitrogens with zero attached hydrogens (tertiary/aromatic N) is 1. The van der Waals surface area contributed by atoms with Gasteiger partial charge in [-0.2, -0.15) is 0 Å². The Balaban J connectivity index is 1.71. The predicted octanol–water partition coefficient (Wildman–Crippen LogP) is 2.72. The van der Waals surface area contributed by atoms with Crippen LogP contribution in [0, 0.1) is 0 Å². The molecule has 2 amide bonds. The van der Waals surface area contributed by atoms with Gasteiger partial charge in [0.1, 0.15) is 17.0 Å². The van der Waals surface area contributed by atoms with Crippen molar-refractivity contribution in [1.29, 1.82) is 0 Å². The molecule has 0 aromatic carbocycles. The summed E-state index contributed by atoms with van der Waals surface area (Å²) in [6, 6.07) is 2.45. The summed E-state index contributed by atoms with van der Waals surface area (Å²) < 4.78 is 6.15. The summed E-state index contributed by atoms with van der Waals surface area (Å²) in [5, 5.41) is 6.37. The molecule has 3 atom stereocenters. The second-order valence-electron chi connectivity index (χ2n) is 7.34. The zero-order chi connectivity index (χ0) is 19.8. The van der Waals surface area contributed by atoms with Gasteiger partial charge in [-0.15, -0.1) is 23.1 Å². The molecule has 27 heavy (non-hydrogen) atoms. The van der Waals surface area contributed by atoms with Gasteiger partial charge < -0.3 is 15.0 Å². The second-order valence-corrected chi connectivity index (χ2v) is 10.1. The van der Waals surface area contributed by atoms with Crippen LogP contribution in [0.1, 0.15) is 25.6 Å². The van der Waals surface area contributed by atoms with E-state index < -0.39 is 23.7 Å². The fourth-order valence-electron chi connectivity index (χ4n) is 2.96. The molecule has 0 saturated carbocycles. The summed E-state index contributed by atoms with van der Waals surface area (Å²) in [5.41, 5.74) is 0.221. The predicted molar refractivity (Wildman–Crippen MR) is 115 cm³/mol. The number of fused-ring (bicyclic) bond motifs is 1. The van der Waals surface area contributed by atoms with Crippen molar-refractivity contribution >= 4 is 63.5 Å². The van der Waals surface area contributed by atoms with Gasteiger partial charge in [0.2, 0.25) is 11.8 Å². The van der Waals surface area contributed by atoms with Crippen molar-refractivity contribution in [3.8, 4) is 0 Å². The SMILES string of the molecule is CC(C)(C)OC(=O)C1C(CI)=CS[C@H]2[C@H](NC(=O)Cc3cccs3)C(=O)N12. The highest BCUT2D eigenvalue weighted by Gasteiger charge is 2.56. The lowest BCUT2D eigenvalue weighted by atomic mass is 9.98. The van der Waals surface area contributed by atoms with Crippen molar-refractivity contribution in [1.82, 2.24) is 10.2 Å². The van der Waals surface area contributed by atoms with E-state index in [1.807, 2.05) is 22.9 Å². The number of carbonyl (C=O) groups excluding carboxylic acids is 3. The van der Waals surface area contributed by atoms with Crippen molar-refractivity contribution in [3.63, 3.8) is 0 Å². The Morgan fingerprint density at radius 2 is 2.11 bits per heavy atom. The fraction of sp³-hybridized carbons (Fsp3) is 0.500. The van der Waals surface area contributed by atoms with Crippen LogP contribution in [0.15, 0.2) is 28.5 Å². The molecule has 0 spiro atoms. The van der Waals surface area contributed by atoms with Crippen LogP contribution in [-0.4, -0.2) is 50.2 Å². The Hall–Kier alpha value is -1.07. The maximum absolute atomic E-state index is 12.7. The third-order valence-corrected chi connectivity index (χ3v) is 7.06. The molecule has 2 aliphatic heterocycles. The van der Waals surface area contributed by atoms with Crippen LogP contribution in [0.5, 0.6) is 0 Å². The van der Waals surface area contributed by atoms with Gasteiger partial charge in [-0.05, 0) is 43.2 Å². The van der Waals surface area contributed by atoms with Gasteiger partial charge >= 0.3 is 5.97 Å². The van der Waals surface area contributed by atoms with E-state index in [0.29, 0.717) is 4.43 Å². The van der Waals surface area contributed by atoms with Crippen molar-refractivity contribution in [3.05, 3.63) is 33.4 Å². The number of amides is 2. The molecule has 1 aromatic rings. The summed E-state index contributed by atoms with van der Waals surface area (Å²) in [6.45, 7) is 5.41. The monoisotopic (exact) mass is 520 g/mol. The molecule has 6 nitrogen and oxygen atoms in total. The number of carbonyl (C=O) groups is 3. The van der Waals surface area contributed by atoms with E-state index in [9.17, 15) is 14.4 Å². The quantitative estimate of drug-likeness (QED) is 0.280. The smallest absolute Gasteiger partial charge is 0.333 e. The lowest BCUT2D eigenvalue weighted by Gasteiger charge is -2.52. The number of alkyl halides is 1. The molecule has 146 valence electrons. The standard InChI is InChI=1S/C18H21IN2O4S2/c1-18(2,3)25-17(24)14-10(8-19)9-27-16-13(15(23)21(14)16)20-12(22)7-11-5-4-6-26-11/h4-6,9,13-14,16H,7-8H2,1-3H3,(H,20,22)/t13-,14?,16+/m1/s1. The third-order valence-electron chi connectivity index (χ3n) is 4.08. The number of β-lactam (4-membered cyclic amide) rings is 1. The first kappa shape index (κ1) is 20.7. The van der Waals surface area contributed by atoms with Gasteiger partial charge in [-0.3, -0.25) is 9.59 Å². The largest absolute Gasteiger partial charge is 0.458 e. The molecule has 1 saturated heterocycles. The number of halogens is 1. The van der Waals surface area contributed by atoms with Crippen LogP contribution in [0.4, 0.5) is 0 Å². The Bertz CT molecular complexity index is 773. The van der Waals surface area contributed by atoms with E-state index in [-0.39, 0.29) is 23.6 Å². The van der Waals surface area contributed by atoms with E-state index in [0.717, 1.165) is 10.5 Å². The van der Waals surface area contributed by atoms with Gasteiger partial charge in [0.15, 0.2) is 6.04 Å². The van der Waals surface area contributed by atoms with E-state index in [1.54, 1.807) is 25.7 Å². The lowest BCUT2D eigenvalue weighted by Crippen LogP contribution is -2.74. The minimum Gasteiger partial charge on any atom is -0.458 e. The molecular weight excluding hydrogens is 499 g/mol. The van der Waals surface area contributed by atoms with Crippen LogP contribution in [0.3, 0.4) is 0 Å². The molecule has 0 aliphatic carbocycles. The van der Waals surface area contributed by atoms with Crippen LogP contribution in [0.2, 0.25) is 0 Å². The van der Waals surface area contributed by atoms with Gasteiger partial charge in [0.25, 0.3) is 0 Å². The lowest BCUT2D eigenvalue weighted by molar-refractivity contribution is -0.170. The van der Waals surface area contributed by atoms with E-state index >= 15 is 0 Å². The molecule has 1 aromatic heterocycles. The molecule has 0 radical (unpaired) electrons. The molecule has 1 N–H and O–H groups in total.